The van der Waals surface area contributed by atoms with Crippen LogP contribution >= 0.6 is 0 Å². The van der Waals surface area contributed by atoms with E-state index in [9.17, 15) is 9.59 Å². The van der Waals surface area contributed by atoms with E-state index in [2.05, 4.69) is 10.3 Å². The summed E-state index contributed by atoms with van der Waals surface area (Å²) in [6.07, 6.45) is 2.13. The first-order chi connectivity index (χ1) is 18.9. The maximum atomic E-state index is 15.1. The van der Waals surface area contributed by atoms with Crippen LogP contribution < -0.4 is 19.5 Å². The average molecular weight is 530 g/mol. The Morgan fingerprint density at radius 3 is 2.51 bits per heavy atom. The van der Waals surface area contributed by atoms with Crippen LogP contribution in [-0.2, 0) is 17.8 Å². The zero-order valence-electron chi connectivity index (χ0n) is 21.6. The highest BCUT2D eigenvalue weighted by Gasteiger charge is 2.27. The summed E-state index contributed by atoms with van der Waals surface area (Å²) < 4.78 is 32.6. The van der Waals surface area contributed by atoms with Crippen molar-refractivity contribution in [3.63, 3.8) is 0 Å². The van der Waals surface area contributed by atoms with Gasteiger partial charge in [-0.15, -0.1) is 0 Å². The Morgan fingerprint density at radius 2 is 1.79 bits per heavy atom. The molecule has 1 aliphatic rings. The second-order valence-corrected chi connectivity index (χ2v) is 9.51. The molecule has 2 heterocycles. The van der Waals surface area contributed by atoms with Gasteiger partial charge in [-0.25, -0.2) is 9.18 Å². The van der Waals surface area contributed by atoms with Crippen molar-refractivity contribution in [1.82, 2.24) is 15.2 Å². The number of benzene rings is 3. The molecule has 1 atom stereocenters. The monoisotopic (exact) mass is 529 g/mol. The SMILES string of the molecule is COc1cc2c(Oc3ccc(CC(C)CN4CC(=O)NC4=O)cc3F)ccnc2cc1OCc1ccccc1. The minimum absolute atomic E-state index is 0.0303. The highest BCUT2D eigenvalue weighted by Crippen LogP contribution is 2.38. The predicted molar refractivity (Wildman–Crippen MR) is 144 cm³/mol. The van der Waals surface area contributed by atoms with E-state index >= 15 is 4.39 Å². The molecule has 5 rings (SSSR count). The number of nitrogens with zero attached hydrogens (tertiary/aromatic N) is 2. The molecule has 0 saturated carbocycles. The summed E-state index contributed by atoms with van der Waals surface area (Å²) in [6, 6.07) is 19.4. The van der Waals surface area contributed by atoms with E-state index in [1.54, 1.807) is 43.6 Å². The van der Waals surface area contributed by atoms with Crippen LogP contribution in [0.1, 0.15) is 18.1 Å². The Hall–Kier alpha value is -4.66. The van der Waals surface area contributed by atoms with Crippen LogP contribution in [0, 0.1) is 11.7 Å². The Bertz CT molecular complexity index is 1510. The van der Waals surface area contributed by atoms with Gasteiger partial charge in [-0.3, -0.25) is 15.1 Å². The molecule has 1 unspecified atom stereocenters. The lowest BCUT2D eigenvalue weighted by Crippen LogP contribution is -2.32. The first-order valence-electron chi connectivity index (χ1n) is 12.6. The molecule has 4 aromatic rings. The summed E-state index contributed by atoms with van der Waals surface area (Å²) in [4.78, 5) is 29.1. The number of aromatic nitrogens is 1. The molecule has 0 bridgehead atoms. The quantitative estimate of drug-likeness (QED) is 0.274. The van der Waals surface area contributed by atoms with Gasteiger partial charge >= 0.3 is 6.03 Å². The van der Waals surface area contributed by atoms with E-state index in [0.717, 1.165) is 11.1 Å². The number of carbonyl (C=O) groups is 2. The molecule has 39 heavy (non-hydrogen) atoms. The minimum Gasteiger partial charge on any atom is -0.493 e. The van der Waals surface area contributed by atoms with Crippen molar-refractivity contribution in [1.29, 1.82) is 0 Å². The molecule has 1 saturated heterocycles. The van der Waals surface area contributed by atoms with E-state index in [-0.39, 0.29) is 24.1 Å². The van der Waals surface area contributed by atoms with Crippen LogP contribution in [0.15, 0.2) is 72.9 Å². The molecular weight excluding hydrogens is 501 g/mol. The third kappa shape index (κ3) is 6.09. The number of urea groups is 1. The van der Waals surface area contributed by atoms with Gasteiger partial charge in [-0.05, 0) is 47.7 Å². The largest absolute Gasteiger partial charge is 0.493 e. The maximum Gasteiger partial charge on any atom is 0.324 e. The summed E-state index contributed by atoms with van der Waals surface area (Å²) in [5.41, 5.74) is 2.40. The van der Waals surface area contributed by atoms with E-state index in [0.29, 0.717) is 47.7 Å². The lowest BCUT2D eigenvalue weighted by molar-refractivity contribution is -0.118. The van der Waals surface area contributed by atoms with Gasteiger partial charge in [0.25, 0.3) is 0 Å². The van der Waals surface area contributed by atoms with E-state index in [4.69, 9.17) is 14.2 Å². The molecule has 200 valence electrons. The van der Waals surface area contributed by atoms with Crippen molar-refractivity contribution in [2.24, 2.45) is 5.92 Å². The fraction of sp³-hybridized carbons (Fsp3) is 0.233. The molecule has 1 aliphatic heterocycles. The zero-order valence-corrected chi connectivity index (χ0v) is 21.6. The fourth-order valence-electron chi connectivity index (χ4n) is 4.57. The number of methoxy groups -OCH3 is 1. The zero-order chi connectivity index (χ0) is 27.4. The molecule has 0 radical (unpaired) electrons. The maximum absolute atomic E-state index is 15.1. The molecule has 0 spiro atoms. The Morgan fingerprint density at radius 1 is 0.974 bits per heavy atom. The first-order valence-corrected chi connectivity index (χ1v) is 12.6. The lowest BCUT2D eigenvalue weighted by atomic mass is 10.0. The highest BCUT2D eigenvalue weighted by atomic mass is 19.1. The third-order valence-corrected chi connectivity index (χ3v) is 6.42. The third-order valence-electron chi connectivity index (χ3n) is 6.42. The van der Waals surface area contributed by atoms with Gasteiger partial charge in [0, 0.05) is 24.2 Å². The molecule has 1 fully saturated rings. The summed E-state index contributed by atoms with van der Waals surface area (Å²) in [7, 11) is 1.56. The van der Waals surface area contributed by atoms with Crippen LogP contribution in [0.3, 0.4) is 0 Å². The number of halogens is 1. The van der Waals surface area contributed by atoms with Gasteiger partial charge in [-0.1, -0.05) is 43.3 Å². The van der Waals surface area contributed by atoms with Crippen LogP contribution in [0.4, 0.5) is 9.18 Å². The number of hydrogen-bond acceptors (Lipinski definition) is 6. The number of fused-ring (bicyclic) bond motifs is 1. The summed E-state index contributed by atoms with van der Waals surface area (Å²) in [5, 5.41) is 2.91. The standard InChI is InChI=1S/C30H28FN3O5/c1-19(16-34-17-29(35)33-30(34)36)12-21-8-9-26(23(31)13-21)39-25-10-11-32-24-15-28(27(37-2)14-22(24)25)38-18-20-6-4-3-5-7-20/h3-11,13-15,19H,12,16-18H2,1-2H3,(H,33,35,36). The number of carbonyl (C=O) groups excluding carboxylic acids is 2. The van der Waals surface area contributed by atoms with E-state index < -0.39 is 11.8 Å². The smallest absolute Gasteiger partial charge is 0.324 e. The van der Waals surface area contributed by atoms with Crippen LogP contribution in [0.5, 0.6) is 23.0 Å². The van der Waals surface area contributed by atoms with Gasteiger partial charge < -0.3 is 19.1 Å². The molecule has 1 aromatic heterocycles. The number of nitrogens with one attached hydrogen (secondary N) is 1. The van der Waals surface area contributed by atoms with Crippen LogP contribution in [0.25, 0.3) is 10.9 Å². The Kier molecular flexibility index (Phi) is 7.58. The van der Waals surface area contributed by atoms with Crippen molar-refractivity contribution >= 4 is 22.8 Å². The van der Waals surface area contributed by atoms with Gasteiger partial charge in [0.15, 0.2) is 23.1 Å². The van der Waals surface area contributed by atoms with Crippen molar-refractivity contribution in [2.75, 3.05) is 20.2 Å². The second-order valence-electron chi connectivity index (χ2n) is 9.51. The van der Waals surface area contributed by atoms with Gasteiger partial charge in [0.2, 0.25) is 5.91 Å². The molecule has 1 N–H and O–H groups in total. The topological polar surface area (TPSA) is 90.0 Å². The summed E-state index contributed by atoms with van der Waals surface area (Å²) in [5.74, 6) is 0.769. The fourth-order valence-corrected chi connectivity index (χ4v) is 4.57. The van der Waals surface area contributed by atoms with Crippen molar-refractivity contribution in [3.05, 3.63) is 89.9 Å². The van der Waals surface area contributed by atoms with Crippen molar-refractivity contribution in [3.8, 4) is 23.0 Å². The average Bonchev–Trinajstić information content (AvgIpc) is 3.24. The van der Waals surface area contributed by atoms with Gasteiger partial charge in [0.05, 0.1) is 12.6 Å². The Labute approximate surface area is 225 Å². The molecule has 0 aliphatic carbocycles. The van der Waals surface area contributed by atoms with Gasteiger partial charge in [-0.2, -0.15) is 0 Å². The van der Waals surface area contributed by atoms with E-state index in [1.807, 2.05) is 37.3 Å². The number of hydrogen-bond donors (Lipinski definition) is 1. The predicted octanol–water partition coefficient (Wildman–Crippen LogP) is 5.48. The molecular formula is C30H28FN3O5. The van der Waals surface area contributed by atoms with Crippen molar-refractivity contribution in [2.45, 2.75) is 20.0 Å². The normalized spacial score (nSPS) is 13.9. The van der Waals surface area contributed by atoms with Crippen LogP contribution in [0.2, 0.25) is 0 Å². The van der Waals surface area contributed by atoms with Gasteiger partial charge in [0.1, 0.15) is 18.9 Å². The summed E-state index contributed by atoms with van der Waals surface area (Å²) in [6.45, 7) is 2.78. The van der Waals surface area contributed by atoms with E-state index in [1.165, 1.54) is 11.0 Å². The number of ether oxygens (including phenoxy) is 3. The number of rotatable bonds is 10. The number of pyridine rings is 1. The lowest BCUT2D eigenvalue weighted by Gasteiger charge is -2.19. The second kappa shape index (κ2) is 11.4. The summed E-state index contributed by atoms with van der Waals surface area (Å²) >= 11 is 0. The minimum atomic E-state index is -0.506. The first kappa shape index (κ1) is 26.0. The molecule has 3 amide bonds. The molecule has 8 nitrogen and oxygen atoms in total. The number of imide groups is 1. The Balaban J connectivity index is 1.30. The number of amides is 3. The van der Waals surface area contributed by atoms with Crippen molar-refractivity contribution < 1.29 is 28.2 Å². The highest BCUT2D eigenvalue weighted by molar-refractivity contribution is 6.01. The molecule has 9 heteroatoms. The molecule has 3 aromatic carbocycles. The van der Waals surface area contributed by atoms with Crippen LogP contribution in [-0.4, -0.2) is 42.0 Å².